The SMILES string of the molecule is CN(Cc1ccc[nH]1)C(=O)C1CNCCO1. The van der Waals surface area contributed by atoms with Crippen LogP contribution in [0.1, 0.15) is 5.69 Å². The molecular formula is C11H17N3O2. The minimum absolute atomic E-state index is 0.0294. The Bertz CT molecular complexity index is 331. The first-order chi connectivity index (χ1) is 7.77. The highest BCUT2D eigenvalue weighted by Crippen LogP contribution is 2.05. The summed E-state index contributed by atoms with van der Waals surface area (Å²) in [6.07, 6.45) is 1.51. The number of nitrogens with one attached hydrogen (secondary N) is 2. The monoisotopic (exact) mass is 223 g/mol. The number of likely N-dealkylation sites (N-methyl/N-ethyl adjacent to an activating group) is 1. The predicted molar refractivity (Wildman–Crippen MR) is 59.9 cm³/mol. The first kappa shape index (κ1) is 11.2. The number of carbonyl (C=O) groups is 1. The van der Waals surface area contributed by atoms with Gasteiger partial charge in [0.15, 0.2) is 0 Å². The van der Waals surface area contributed by atoms with Crippen molar-refractivity contribution in [2.75, 3.05) is 26.7 Å². The van der Waals surface area contributed by atoms with Crippen molar-refractivity contribution >= 4 is 5.91 Å². The molecule has 1 saturated heterocycles. The van der Waals surface area contributed by atoms with Crippen molar-refractivity contribution in [3.8, 4) is 0 Å². The topological polar surface area (TPSA) is 57.4 Å². The third kappa shape index (κ3) is 2.62. The van der Waals surface area contributed by atoms with Crippen LogP contribution in [0.4, 0.5) is 0 Å². The van der Waals surface area contributed by atoms with E-state index >= 15 is 0 Å². The molecule has 88 valence electrons. The Morgan fingerprint density at radius 3 is 3.19 bits per heavy atom. The lowest BCUT2D eigenvalue weighted by Crippen LogP contribution is -2.48. The maximum Gasteiger partial charge on any atom is 0.253 e. The second kappa shape index (κ2) is 5.14. The summed E-state index contributed by atoms with van der Waals surface area (Å²) in [5, 5.41) is 3.15. The van der Waals surface area contributed by atoms with Crippen LogP contribution in [0, 0.1) is 0 Å². The minimum atomic E-state index is -0.339. The van der Waals surface area contributed by atoms with Crippen LogP contribution in [0.5, 0.6) is 0 Å². The molecule has 5 nitrogen and oxygen atoms in total. The lowest BCUT2D eigenvalue weighted by molar-refractivity contribution is -0.144. The van der Waals surface area contributed by atoms with E-state index in [4.69, 9.17) is 4.74 Å². The first-order valence-electron chi connectivity index (χ1n) is 5.47. The molecule has 1 aliphatic heterocycles. The van der Waals surface area contributed by atoms with E-state index in [-0.39, 0.29) is 12.0 Å². The Morgan fingerprint density at radius 2 is 2.56 bits per heavy atom. The molecule has 0 radical (unpaired) electrons. The average Bonchev–Trinajstić information content (AvgIpc) is 2.82. The summed E-state index contributed by atoms with van der Waals surface area (Å²) < 4.78 is 5.42. The summed E-state index contributed by atoms with van der Waals surface area (Å²) in [5.74, 6) is 0.0294. The molecule has 0 spiro atoms. The zero-order valence-corrected chi connectivity index (χ0v) is 9.40. The van der Waals surface area contributed by atoms with Crippen LogP contribution in [-0.2, 0) is 16.1 Å². The summed E-state index contributed by atoms with van der Waals surface area (Å²) in [5.41, 5.74) is 1.03. The summed E-state index contributed by atoms with van der Waals surface area (Å²) in [6, 6.07) is 3.88. The fraction of sp³-hybridized carbons (Fsp3) is 0.545. The number of ether oxygens (including phenoxy) is 1. The van der Waals surface area contributed by atoms with Gasteiger partial charge in [-0.1, -0.05) is 0 Å². The van der Waals surface area contributed by atoms with Crippen molar-refractivity contribution in [1.82, 2.24) is 15.2 Å². The summed E-state index contributed by atoms with van der Waals surface area (Å²) >= 11 is 0. The molecule has 0 aromatic carbocycles. The number of hydrogen-bond donors (Lipinski definition) is 2. The van der Waals surface area contributed by atoms with Crippen LogP contribution in [0.2, 0.25) is 0 Å². The van der Waals surface area contributed by atoms with E-state index < -0.39 is 0 Å². The quantitative estimate of drug-likeness (QED) is 0.756. The second-order valence-electron chi connectivity index (χ2n) is 3.95. The van der Waals surface area contributed by atoms with Gasteiger partial charge in [0.05, 0.1) is 13.2 Å². The smallest absolute Gasteiger partial charge is 0.253 e. The average molecular weight is 223 g/mol. The number of nitrogens with zero attached hydrogens (tertiary/aromatic N) is 1. The van der Waals surface area contributed by atoms with E-state index in [0.717, 1.165) is 12.2 Å². The van der Waals surface area contributed by atoms with Crippen molar-refractivity contribution in [1.29, 1.82) is 0 Å². The molecule has 1 amide bonds. The highest BCUT2D eigenvalue weighted by Gasteiger charge is 2.24. The molecule has 16 heavy (non-hydrogen) atoms. The van der Waals surface area contributed by atoms with E-state index in [1.54, 1.807) is 11.9 Å². The van der Waals surface area contributed by atoms with Gasteiger partial charge in [-0.25, -0.2) is 0 Å². The van der Waals surface area contributed by atoms with Gasteiger partial charge in [0, 0.05) is 32.0 Å². The molecule has 1 aromatic rings. The predicted octanol–water partition coefficient (Wildman–Crippen LogP) is -0.0385. The van der Waals surface area contributed by atoms with Gasteiger partial charge < -0.3 is 19.9 Å². The molecule has 1 aliphatic rings. The molecular weight excluding hydrogens is 206 g/mol. The fourth-order valence-corrected chi connectivity index (χ4v) is 1.77. The lowest BCUT2D eigenvalue weighted by atomic mass is 10.2. The molecule has 0 bridgehead atoms. The van der Waals surface area contributed by atoms with Gasteiger partial charge in [-0.05, 0) is 12.1 Å². The zero-order valence-electron chi connectivity index (χ0n) is 9.40. The van der Waals surface area contributed by atoms with Crippen LogP contribution in [0.25, 0.3) is 0 Å². The van der Waals surface area contributed by atoms with E-state index in [9.17, 15) is 4.79 Å². The molecule has 1 aromatic heterocycles. The first-order valence-corrected chi connectivity index (χ1v) is 5.47. The third-order valence-corrected chi connectivity index (χ3v) is 2.65. The normalized spacial score (nSPS) is 20.7. The van der Waals surface area contributed by atoms with Crippen LogP contribution in [0.3, 0.4) is 0 Å². The van der Waals surface area contributed by atoms with E-state index in [2.05, 4.69) is 10.3 Å². The van der Waals surface area contributed by atoms with E-state index in [1.165, 1.54) is 0 Å². The maximum absolute atomic E-state index is 12.0. The van der Waals surface area contributed by atoms with Gasteiger partial charge in [0.25, 0.3) is 5.91 Å². The highest BCUT2D eigenvalue weighted by atomic mass is 16.5. The Labute approximate surface area is 94.8 Å². The standard InChI is InChI=1S/C11H17N3O2/c1-14(8-9-3-2-4-13-9)11(15)10-7-12-5-6-16-10/h2-4,10,12-13H,5-8H2,1H3. The molecule has 1 atom stereocenters. The van der Waals surface area contributed by atoms with Crippen LogP contribution in [0.15, 0.2) is 18.3 Å². The summed E-state index contributed by atoms with van der Waals surface area (Å²) in [7, 11) is 1.79. The number of carbonyl (C=O) groups excluding carboxylic acids is 1. The number of hydrogen-bond acceptors (Lipinski definition) is 3. The number of aromatic amines is 1. The molecule has 2 rings (SSSR count). The molecule has 2 heterocycles. The van der Waals surface area contributed by atoms with Gasteiger partial charge in [0.2, 0.25) is 0 Å². The molecule has 5 heteroatoms. The Morgan fingerprint density at radius 1 is 1.69 bits per heavy atom. The number of rotatable bonds is 3. The van der Waals surface area contributed by atoms with E-state index in [0.29, 0.717) is 19.7 Å². The largest absolute Gasteiger partial charge is 0.366 e. The Hall–Kier alpha value is -1.33. The van der Waals surface area contributed by atoms with Crippen LogP contribution >= 0.6 is 0 Å². The van der Waals surface area contributed by atoms with Gasteiger partial charge in [-0.15, -0.1) is 0 Å². The van der Waals surface area contributed by atoms with Crippen molar-refractivity contribution in [2.45, 2.75) is 12.6 Å². The fourth-order valence-electron chi connectivity index (χ4n) is 1.77. The van der Waals surface area contributed by atoms with Crippen molar-refractivity contribution in [3.63, 3.8) is 0 Å². The molecule has 1 fully saturated rings. The van der Waals surface area contributed by atoms with Gasteiger partial charge in [0.1, 0.15) is 6.10 Å². The molecule has 0 saturated carbocycles. The van der Waals surface area contributed by atoms with Crippen molar-refractivity contribution in [3.05, 3.63) is 24.0 Å². The van der Waals surface area contributed by atoms with Crippen LogP contribution in [-0.4, -0.2) is 48.6 Å². The third-order valence-electron chi connectivity index (χ3n) is 2.65. The maximum atomic E-state index is 12.0. The van der Waals surface area contributed by atoms with Gasteiger partial charge in [-0.2, -0.15) is 0 Å². The highest BCUT2D eigenvalue weighted by molar-refractivity contribution is 5.81. The number of aromatic nitrogens is 1. The van der Waals surface area contributed by atoms with Crippen molar-refractivity contribution < 1.29 is 9.53 Å². The number of morpholine rings is 1. The molecule has 2 N–H and O–H groups in total. The summed E-state index contributed by atoms with van der Waals surface area (Å²) in [4.78, 5) is 16.7. The molecule has 1 unspecified atom stereocenters. The Balaban J connectivity index is 1.88. The van der Waals surface area contributed by atoms with Crippen molar-refractivity contribution in [2.24, 2.45) is 0 Å². The summed E-state index contributed by atoms with van der Waals surface area (Å²) in [6.45, 7) is 2.62. The molecule has 0 aliphatic carbocycles. The van der Waals surface area contributed by atoms with E-state index in [1.807, 2.05) is 18.3 Å². The van der Waals surface area contributed by atoms with Gasteiger partial charge >= 0.3 is 0 Å². The van der Waals surface area contributed by atoms with Crippen LogP contribution < -0.4 is 5.32 Å². The number of amides is 1. The Kier molecular flexibility index (Phi) is 3.58. The van der Waals surface area contributed by atoms with Gasteiger partial charge in [-0.3, -0.25) is 4.79 Å². The number of H-pyrrole nitrogens is 1. The lowest BCUT2D eigenvalue weighted by Gasteiger charge is -2.27. The minimum Gasteiger partial charge on any atom is -0.366 e. The second-order valence-corrected chi connectivity index (χ2v) is 3.95. The zero-order chi connectivity index (χ0) is 11.4.